The Hall–Kier alpha value is -3.65. The number of hydrogen-bond acceptors (Lipinski definition) is 7. The molecule has 3 rings (SSSR count). The number of amides is 2. The zero-order chi connectivity index (χ0) is 22.4. The number of methoxy groups -OCH3 is 1. The van der Waals surface area contributed by atoms with Gasteiger partial charge in [-0.2, -0.15) is 10.4 Å². The van der Waals surface area contributed by atoms with Gasteiger partial charge in [0.2, 0.25) is 0 Å². The number of benzene rings is 1. The highest BCUT2D eigenvalue weighted by molar-refractivity contribution is 5.98. The van der Waals surface area contributed by atoms with Gasteiger partial charge in [0.25, 0.3) is 5.91 Å². The Morgan fingerprint density at radius 1 is 1.35 bits per heavy atom. The maximum Gasteiger partial charge on any atom is 0.409 e. The summed E-state index contributed by atoms with van der Waals surface area (Å²) in [7, 11) is 1.51. The standard InChI is InChI=1S/C20H23FN6O4/c1-30-8-9-31-20(29)26-7-6-17(13(10-22)11-26)27-12-16(18(23)28)19(25-27)24-15-4-2-14(21)3-5-15/h2-5,12-13,17H,6-9,11H2,1H3,(H2,23,28)(H,24,25)/t13-,17-/m0/s1. The molecule has 10 nitrogen and oxygen atoms in total. The minimum atomic E-state index is -0.691. The van der Waals surface area contributed by atoms with Gasteiger partial charge >= 0.3 is 6.09 Å². The van der Waals surface area contributed by atoms with Crippen molar-refractivity contribution >= 4 is 23.5 Å². The fourth-order valence-electron chi connectivity index (χ4n) is 3.36. The molecule has 2 heterocycles. The highest BCUT2D eigenvalue weighted by Crippen LogP contribution is 2.30. The zero-order valence-corrected chi connectivity index (χ0v) is 17.0. The van der Waals surface area contributed by atoms with Gasteiger partial charge in [-0.05, 0) is 30.7 Å². The molecule has 2 aromatic rings. The van der Waals surface area contributed by atoms with E-state index in [9.17, 15) is 19.2 Å². The summed E-state index contributed by atoms with van der Waals surface area (Å²) in [6.45, 7) is 0.948. The number of carbonyl (C=O) groups excluding carboxylic acids is 2. The summed E-state index contributed by atoms with van der Waals surface area (Å²) in [6, 6.07) is 7.40. The lowest BCUT2D eigenvalue weighted by atomic mass is 9.94. The van der Waals surface area contributed by atoms with Crippen LogP contribution in [0.15, 0.2) is 30.5 Å². The number of nitriles is 1. The van der Waals surface area contributed by atoms with Crippen LogP contribution in [0.4, 0.5) is 20.7 Å². The summed E-state index contributed by atoms with van der Waals surface area (Å²) in [5.74, 6) is -1.45. The molecule has 0 bridgehead atoms. The zero-order valence-electron chi connectivity index (χ0n) is 17.0. The van der Waals surface area contributed by atoms with Crippen molar-refractivity contribution in [3.63, 3.8) is 0 Å². The molecule has 0 radical (unpaired) electrons. The fraction of sp³-hybridized carbons (Fsp3) is 0.400. The summed E-state index contributed by atoms with van der Waals surface area (Å²) in [4.78, 5) is 25.5. The number of anilines is 2. The van der Waals surface area contributed by atoms with Crippen molar-refractivity contribution in [3.8, 4) is 6.07 Å². The number of nitrogens with two attached hydrogens (primary N) is 1. The molecule has 11 heteroatoms. The summed E-state index contributed by atoms with van der Waals surface area (Å²) < 4.78 is 24.6. The van der Waals surface area contributed by atoms with Crippen molar-refractivity contribution in [2.75, 3.05) is 38.7 Å². The molecule has 164 valence electrons. The van der Waals surface area contributed by atoms with Gasteiger partial charge < -0.3 is 25.4 Å². The largest absolute Gasteiger partial charge is 0.447 e. The van der Waals surface area contributed by atoms with Crippen molar-refractivity contribution < 1.29 is 23.5 Å². The van der Waals surface area contributed by atoms with Crippen LogP contribution >= 0.6 is 0 Å². The highest BCUT2D eigenvalue weighted by atomic mass is 19.1. The Labute approximate surface area is 178 Å². The Bertz CT molecular complexity index is 971. The monoisotopic (exact) mass is 430 g/mol. The molecule has 1 aromatic carbocycles. The van der Waals surface area contributed by atoms with Crippen molar-refractivity contribution in [2.24, 2.45) is 11.7 Å². The summed E-state index contributed by atoms with van der Waals surface area (Å²) in [6.07, 6.45) is 1.41. The topological polar surface area (TPSA) is 136 Å². The van der Waals surface area contributed by atoms with Crippen LogP contribution in [0.5, 0.6) is 0 Å². The van der Waals surface area contributed by atoms with Gasteiger partial charge in [-0.1, -0.05) is 0 Å². The van der Waals surface area contributed by atoms with E-state index in [-0.39, 0.29) is 37.2 Å². The van der Waals surface area contributed by atoms with E-state index in [1.165, 1.54) is 47.2 Å². The van der Waals surface area contributed by atoms with E-state index < -0.39 is 23.7 Å². The van der Waals surface area contributed by atoms with E-state index in [1.807, 2.05) is 0 Å². The molecular weight excluding hydrogens is 407 g/mol. The normalized spacial score (nSPS) is 18.3. The number of hydrogen-bond donors (Lipinski definition) is 2. The van der Waals surface area contributed by atoms with Crippen molar-refractivity contribution in [2.45, 2.75) is 12.5 Å². The number of halogens is 1. The lowest BCUT2D eigenvalue weighted by molar-refractivity contribution is 0.0568. The van der Waals surface area contributed by atoms with E-state index in [4.69, 9.17) is 15.2 Å². The van der Waals surface area contributed by atoms with Crippen molar-refractivity contribution in [1.82, 2.24) is 14.7 Å². The van der Waals surface area contributed by atoms with Gasteiger partial charge in [0, 0.05) is 32.1 Å². The third-order valence-corrected chi connectivity index (χ3v) is 4.96. The van der Waals surface area contributed by atoms with E-state index in [2.05, 4.69) is 16.5 Å². The second-order valence-corrected chi connectivity index (χ2v) is 7.01. The third-order valence-electron chi connectivity index (χ3n) is 4.96. The molecule has 1 saturated heterocycles. The lowest BCUT2D eigenvalue weighted by Gasteiger charge is -2.34. The second kappa shape index (κ2) is 9.90. The first-order valence-corrected chi connectivity index (χ1v) is 9.64. The Balaban J connectivity index is 1.76. The number of nitrogens with zero attached hydrogens (tertiary/aromatic N) is 4. The van der Waals surface area contributed by atoms with E-state index in [0.717, 1.165) is 0 Å². The predicted molar refractivity (Wildman–Crippen MR) is 108 cm³/mol. The molecule has 31 heavy (non-hydrogen) atoms. The highest BCUT2D eigenvalue weighted by Gasteiger charge is 2.34. The summed E-state index contributed by atoms with van der Waals surface area (Å²) in [5, 5.41) is 17.0. The van der Waals surface area contributed by atoms with Gasteiger partial charge in [0.1, 0.15) is 18.0 Å². The maximum absolute atomic E-state index is 13.1. The van der Waals surface area contributed by atoms with Crippen LogP contribution in [-0.4, -0.2) is 60.1 Å². The Morgan fingerprint density at radius 2 is 2.10 bits per heavy atom. The molecule has 1 aromatic heterocycles. The van der Waals surface area contributed by atoms with E-state index in [1.54, 1.807) is 0 Å². The van der Waals surface area contributed by atoms with Gasteiger partial charge in [0.15, 0.2) is 5.82 Å². The molecular formula is C20H23FN6O4. The van der Waals surface area contributed by atoms with Crippen molar-refractivity contribution in [3.05, 3.63) is 41.8 Å². The average Bonchev–Trinajstić information content (AvgIpc) is 3.19. The molecule has 3 N–H and O–H groups in total. The number of nitrogens with one attached hydrogen (secondary N) is 1. The van der Waals surface area contributed by atoms with Gasteiger partial charge in [-0.15, -0.1) is 0 Å². The molecule has 2 amide bonds. The number of rotatable bonds is 7. The number of carbonyl (C=O) groups is 2. The quantitative estimate of drug-likeness (QED) is 0.642. The number of ether oxygens (including phenoxy) is 2. The number of likely N-dealkylation sites (tertiary alicyclic amines) is 1. The van der Waals surface area contributed by atoms with Gasteiger partial charge in [-0.25, -0.2) is 9.18 Å². The number of aromatic nitrogens is 2. The molecule has 0 spiro atoms. The minimum absolute atomic E-state index is 0.131. The van der Waals surface area contributed by atoms with E-state index in [0.29, 0.717) is 18.7 Å². The first kappa shape index (κ1) is 22.0. The Morgan fingerprint density at radius 3 is 2.74 bits per heavy atom. The fourth-order valence-corrected chi connectivity index (χ4v) is 3.36. The number of primary amides is 1. The SMILES string of the molecule is COCCOC(=O)N1CC[C@H](n2cc(C(N)=O)c(Nc3ccc(F)cc3)n2)[C@@H](C#N)C1. The van der Waals surface area contributed by atoms with Crippen LogP contribution in [0.3, 0.4) is 0 Å². The van der Waals surface area contributed by atoms with Crippen LogP contribution in [-0.2, 0) is 9.47 Å². The Kier molecular flexibility index (Phi) is 7.04. The van der Waals surface area contributed by atoms with Crippen LogP contribution in [0, 0.1) is 23.1 Å². The smallest absolute Gasteiger partial charge is 0.409 e. The first-order valence-electron chi connectivity index (χ1n) is 9.64. The molecule has 1 fully saturated rings. The van der Waals surface area contributed by atoms with Gasteiger partial charge in [0.05, 0.1) is 24.6 Å². The lowest BCUT2D eigenvalue weighted by Crippen LogP contribution is -2.44. The number of piperidine rings is 1. The molecule has 0 unspecified atom stereocenters. The predicted octanol–water partition coefficient (Wildman–Crippen LogP) is 2.03. The van der Waals surface area contributed by atoms with Crippen LogP contribution in [0.2, 0.25) is 0 Å². The second-order valence-electron chi connectivity index (χ2n) is 7.01. The van der Waals surface area contributed by atoms with Crippen LogP contribution < -0.4 is 11.1 Å². The van der Waals surface area contributed by atoms with Crippen molar-refractivity contribution in [1.29, 1.82) is 5.26 Å². The third kappa shape index (κ3) is 5.29. The summed E-state index contributed by atoms with van der Waals surface area (Å²) in [5.41, 5.74) is 6.15. The average molecular weight is 430 g/mol. The van der Waals surface area contributed by atoms with Gasteiger partial charge in [-0.3, -0.25) is 9.48 Å². The minimum Gasteiger partial charge on any atom is -0.447 e. The molecule has 2 atom stereocenters. The first-order chi connectivity index (χ1) is 14.9. The molecule has 0 saturated carbocycles. The molecule has 1 aliphatic rings. The molecule has 1 aliphatic heterocycles. The van der Waals surface area contributed by atoms with E-state index >= 15 is 0 Å². The molecule has 0 aliphatic carbocycles. The van der Waals surface area contributed by atoms with Crippen LogP contribution in [0.1, 0.15) is 22.8 Å². The summed E-state index contributed by atoms with van der Waals surface area (Å²) >= 11 is 0. The van der Waals surface area contributed by atoms with Crippen LogP contribution in [0.25, 0.3) is 0 Å². The maximum atomic E-state index is 13.1.